The van der Waals surface area contributed by atoms with Crippen molar-refractivity contribution in [3.63, 3.8) is 0 Å². The van der Waals surface area contributed by atoms with E-state index in [0.29, 0.717) is 24.1 Å². The van der Waals surface area contributed by atoms with Crippen LogP contribution in [0.4, 0.5) is 0 Å². The first kappa shape index (κ1) is 20.6. The van der Waals surface area contributed by atoms with E-state index < -0.39 is 17.7 Å². The number of phenols is 1. The number of aliphatic hydroxyl groups excluding tert-OH is 1. The summed E-state index contributed by atoms with van der Waals surface area (Å²) in [6, 6.07) is 12.8. The van der Waals surface area contributed by atoms with E-state index in [4.69, 9.17) is 0 Å². The van der Waals surface area contributed by atoms with E-state index in [2.05, 4.69) is 0 Å². The fourth-order valence-electron chi connectivity index (χ4n) is 3.54. The Hall–Kier alpha value is -3.12. The predicted octanol–water partition coefficient (Wildman–Crippen LogP) is 3.07. The van der Waals surface area contributed by atoms with Gasteiger partial charge in [-0.15, -0.1) is 0 Å². The number of hydrogen-bond acceptors (Lipinski definition) is 5. The molecule has 1 unspecified atom stereocenters. The van der Waals surface area contributed by atoms with Crippen LogP contribution in [0.25, 0.3) is 5.76 Å². The van der Waals surface area contributed by atoms with Gasteiger partial charge in [0.2, 0.25) is 0 Å². The fraction of sp³-hybridized carbons (Fsp3) is 0.304. The maximum atomic E-state index is 12.9. The molecule has 1 atom stereocenters. The van der Waals surface area contributed by atoms with E-state index in [1.807, 2.05) is 38.1 Å². The third kappa shape index (κ3) is 4.32. The molecule has 29 heavy (non-hydrogen) atoms. The quantitative estimate of drug-likeness (QED) is 0.447. The molecule has 1 fully saturated rings. The Kier molecular flexibility index (Phi) is 6.03. The second-order valence-corrected chi connectivity index (χ2v) is 7.61. The zero-order chi connectivity index (χ0) is 21.1. The Morgan fingerprint density at radius 1 is 1.03 bits per heavy atom. The first-order valence-corrected chi connectivity index (χ1v) is 9.58. The predicted molar refractivity (Wildman–Crippen MR) is 111 cm³/mol. The summed E-state index contributed by atoms with van der Waals surface area (Å²) in [6.45, 7) is 3.09. The largest absolute Gasteiger partial charge is 0.508 e. The summed E-state index contributed by atoms with van der Waals surface area (Å²) >= 11 is 0. The van der Waals surface area contributed by atoms with Crippen LogP contribution in [0.5, 0.6) is 5.75 Å². The first-order chi connectivity index (χ1) is 13.8. The van der Waals surface area contributed by atoms with Crippen LogP contribution >= 0.6 is 0 Å². The summed E-state index contributed by atoms with van der Waals surface area (Å²) in [5.41, 5.74) is 2.27. The normalized spacial score (nSPS) is 18.6. The lowest BCUT2D eigenvalue weighted by atomic mass is 9.95. The van der Waals surface area contributed by atoms with Crippen LogP contribution in [0.15, 0.2) is 54.1 Å². The molecular formula is C23H26N2O4. The van der Waals surface area contributed by atoms with Crippen LogP contribution in [-0.4, -0.2) is 58.9 Å². The van der Waals surface area contributed by atoms with Gasteiger partial charge in [-0.2, -0.15) is 0 Å². The lowest BCUT2D eigenvalue weighted by Gasteiger charge is -2.26. The average Bonchev–Trinajstić information content (AvgIpc) is 2.93. The summed E-state index contributed by atoms with van der Waals surface area (Å²) in [5.74, 6) is -1.39. The highest BCUT2D eigenvalue weighted by Crippen LogP contribution is 2.39. The van der Waals surface area contributed by atoms with Gasteiger partial charge in [-0.3, -0.25) is 9.59 Å². The molecule has 1 saturated heterocycles. The number of carbonyl (C=O) groups excluding carboxylic acids is 2. The molecule has 6 heteroatoms. The summed E-state index contributed by atoms with van der Waals surface area (Å²) < 4.78 is 0. The van der Waals surface area contributed by atoms with Gasteiger partial charge in [0.15, 0.2) is 0 Å². The van der Waals surface area contributed by atoms with E-state index in [9.17, 15) is 19.8 Å². The number of rotatable bonds is 6. The summed E-state index contributed by atoms with van der Waals surface area (Å²) in [5, 5.41) is 20.6. The molecule has 1 amide bonds. The third-order valence-electron chi connectivity index (χ3n) is 5.08. The van der Waals surface area contributed by atoms with Crippen LogP contribution in [-0.2, 0) is 9.59 Å². The molecule has 0 aromatic heterocycles. The Morgan fingerprint density at radius 3 is 2.24 bits per heavy atom. The number of Topliss-reactive ketones (excluding diaryl/α,β-unsaturated/α-hetero) is 1. The molecule has 0 bridgehead atoms. The second kappa shape index (κ2) is 8.49. The molecular weight excluding hydrogens is 368 g/mol. The van der Waals surface area contributed by atoms with Gasteiger partial charge in [0, 0.05) is 12.1 Å². The Bertz CT molecular complexity index is 930. The molecule has 0 aliphatic carbocycles. The minimum Gasteiger partial charge on any atom is -0.508 e. The molecule has 1 aliphatic heterocycles. The number of aryl methyl sites for hydroxylation is 1. The highest BCUT2D eigenvalue weighted by molar-refractivity contribution is 6.46. The maximum absolute atomic E-state index is 12.9. The van der Waals surface area contributed by atoms with Crippen molar-refractivity contribution >= 4 is 17.4 Å². The van der Waals surface area contributed by atoms with Gasteiger partial charge in [-0.1, -0.05) is 42.0 Å². The van der Waals surface area contributed by atoms with Crippen molar-refractivity contribution < 1.29 is 19.8 Å². The number of carbonyl (C=O) groups is 2. The molecule has 1 aliphatic rings. The number of aromatic hydroxyl groups is 1. The van der Waals surface area contributed by atoms with Gasteiger partial charge < -0.3 is 20.0 Å². The van der Waals surface area contributed by atoms with Gasteiger partial charge in [0.1, 0.15) is 11.5 Å². The van der Waals surface area contributed by atoms with Crippen LogP contribution < -0.4 is 0 Å². The third-order valence-corrected chi connectivity index (χ3v) is 5.08. The van der Waals surface area contributed by atoms with Crippen molar-refractivity contribution in [2.24, 2.45) is 0 Å². The lowest BCUT2D eigenvalue weighted by molar-refractivity contribution is -0.139. The van der Waals surface area contributed by atoms with E-state index in [0.717, 1.165) is 12.1 Å². The number of benzene rings is 2. The van der Waals surface area contributed by atoms with Gasteiger partial charge in [0.25, 0.3) is 11.7 Å². The first-order valence-electron chi connectivity index (χ1n) is 9.58. The molecule has 152 valence electrons. The van der Waals surface area contributed by atoms with Crippen LogP contribution in [0, 0.1) is 6.92 Å². The van der Waals surface area contributed by atoms with Crippen molar-refractivity contribution in [1.82, 2.24) is 9.80 Å². The highest BCUT2D eigenvalue weighted by atomic mass is 16.3. The molecule has 0 saturated carbocycles. The zero-order valence-corrected chi connectivity index (χ0v) is 16.9. The highest BCUT2D eigenvalue weighted by Gasteiger charge is 2.45. The fourth-order valence-corrected chi connectivity index (χ4v) is 3.54. The van der Waals surface area contributed by atoms with Crippen molar-refractivity contribution in [1.29, 1.82) is 0 Å². The maximum Gasteiger partial charge on any atom is 0.295 e. The van der Waals surface area contributed by atoms with Crippen molar-refractivity contribution in [3.05, 3.63) is 70.8 Å². The van der Waals surface area contributed by atoms with E-state index in [1.165, 1.54) is 17.0 Å². The number of hydrogen-bond donors (Lipinski definition) is 2. The summed E-state index contributed by atoms with van der Waals surface area (Å²) in [4.78, 5) is 29.2. The SMILES string of the molecule is Cc1ccc(/C(O)=C2/C(=O)C(=O)N(CCCN(C)C)C2c2ccc(O)cc2)cc1. The van der Waals surface area contributed by atoms with E-state index in [-0.39, 0.29) is 17.1 Å². The van der Waals surface area contributed by atoms with Gasteiger partial charge >= 0.3 is 0 Å². The van der Waals surface area contributed by atoms with E-state index >= 15 is 0 Å². The molecule has 0 radical (unpaired) electrons. The monoisotopic (exact) mass is 394 g/mol. The topological polar surface area (TPSA) is 81.1 Å². The Labute approximate surface area is 170 Å². The summed E-state index contributed by atoms with van der Waals surface area (Å²) in [6.07, 6.45) is 0.694. The molecule has 1 heterocycles. The van der Waals surface area contributed by atoms with Crippen molar-refractivity contribution in [3.8, 4) is 5.75 Å². The minimum atomic E-state index is -0.695. The van der Waals surface area contributed by atoms with Gasteiger partial charge in [-0.25, -0.2) is 0 Å². The van der Waals surface area contributed by atoms with Crippen LogP contribution in [0.2, 0.25) is 0 Å². The van der Waals surface area contributed by atoms with E-state index in [1.54, 1.807) is 24.3 Å². The molecule has 0 spiro atoms. The number of ketones is 1. The standard InChI is InChI=1S/C23H26N2O4/c1-15-5-7-17(8-6-15)21(27)19-20(16-9-11-18(26)12-10-16)25(23(29)22(19)28)14-4-13-24(2)3/h5-12,20,26-27H,4,13-14H2,1-3H3/b21-19-. The molecule has 6 nitrogen and oxygen atoms in total. The molecule has 2 N–H and O–H groups in total. The minimum absolute atomic E-state index is 0.0781. The summed E-state index contributed by atoms with van der Waals surface area (Å²) in [7, 11) is 3.89. The number of phenolic OH excluding ortho intramolecular Hbond substituents is 1. The smallest absolute Gasteiger partial charge is 0.295 e. The van der Waals surface area contributed by atoms with Crippen LogP contribution in [0.3, 0.4) is 0 Å². The van der Waals surface area contributed by atoms with Gasteiger partial charge in [0.05, 0.1) is 11.6 Å². The number of likely N-dealkylation sites (tertiary alicyclic amines) is 1. The zero-order valence-electron chi connectivity index (χ0n) is 16.9. The van der Waals surface area contributed by atoms with Crippen LogP contribution in [0.1, 0.15) is 29.2 Å². The lowest BCUT2D eigenvalue weighted by Crippen LogP contribution is -2.32. The molecule has 2 aromatic rings. The average molecular weight is 394 g/mol. The second-order valence-electron chi connectivity index (χ2n) is 7.61. The Morgan fingerprint density at radius 2 is 1.66 bits per heavy atom. The number of amides is 1. The van der Waals surface area contributed by atoms with Crippen molar-refractivity contribution in [2.75, 3.05) is 27.2 Å². The van der Waals surface area contributed by atoms with Crippen molar-refractivity contribution in [2.45, 2.75) is 19.4 Å². The molecule has 3 rings (SSSR count). The number of nitrogens with zero attached hydrogens (tertiary/aromatic N) is 2. The Balaban J connectivity index is 2.07. The molecule has 2 aromatic carbocycles. The number of aliphatic hydroxyl groups is 1. The van der Waals surface area contributed by atoms with Gasteiger partial charge in [-0.05, 0) is 51.7 Å².